The Kier molecular flexibility index (Phi) is 9.69. The number of nitrogens with zero attached hydrogens (tertiary/aromatic N) is 1. The van der Waals surface area contributed by atoms with Gasteiger partial charge in [-0.25, -0.2) is 18.1 Å². The van der Waals surface area contributed by atoms with Crippen LogP contribution in [0.3, 0.4) is 0 Å². The highest BCUT2D eigenvalue weighted by Crippen LogP contribution is 2.29. The third-order valence-electron chi connectivity index (χ3n) is 4.50. The Labute approximate surface area is 204 Å². The van der Waals surface area contributed by atoms with Crippen molar-refractivity contribution in [3.63, 3.8) is 0 Å². The maximum atomic E-state index is 11.8. The van der Waals surface area contributed by atoms with Crippen LogP contribution in [0.25, 0.3) is 10.1 Å². The zero-order valence-electron chi connectivity index (χ0n) is 17.3. The largest absolute Gasteiger partial charge is 0.386 e. The normalized spacial score (nSPS) is 12.9. The minimum absolute atomic E-state index is 0. The monoisotopic (exact) mass is 574 g/mol. The van der Waals surface area contributed by atoms with Crippen molar-refractivity contribution in [2.24, 2.45) is 4.99 Å². The summed E-state index contributed by atoms with van der Waals surface area (Å²) in [4.78, 5) is 5.65. The van der Waals surface area contributed by atoms with Crippen LogP contribution in [0.5, 0.6) is 0 Å². The zero-order valence-corrected chi connectivity index (χ0v) is 21.3. The molecule has 1 unspecified atom stereocenters. The first-order valence-electron chi connectivity index (χ1n) is 9.64. The fraction of sp³-hybridized carbons (Fsp3) is 0.286. The van der Waals surface area contributed by atoms with Gasteiger partial charge in [-0.15, -0.1) is 35.3 Å². The fourth-order valence-corrected chi connectivity index (χ4v) is 4.65. The van der Waals surface area contributed by atoms with Gasteiger partial charge >= 0.3 is 0 Å². The van der Waals surface area contributed by atoms with E-state index in [4.69, 9.17) is 0 Å². The number of halogens is 1. The van der Waals surface area contributed by atoms with Gasteiger partial charge in [0.05, 0.1) is 11.4 Å². The summed E-state index contributed by atoms with van der Waals surface area (Å²) < 4.78 is 27.1. The average molecular weight is 575 g/mol. The number of rotatable bonds is 8. The molecule has 0 aliphatic carbocycles. The number of aliphatic hydroxyl groups is 1. The lowest BCUT2D eigenvalue weighted by Gasteiger charge is -2.14. The molecular weight excluding hydrogens is 547 g/mol. The second kappa shape index (κ2) is 11.8. The number of benzene rings is 2. The van der Waals surface area contributed by atoms with Crippen LogP contribution in [-0.4, -0.2) is 39.6 Å². The van der Waals surface area contributed by atoms with Crippen LogP contribution < -0.4 is 15.4 Å². The SMILES string of the molecule is CCNC(=NCc1ccc(S(=O)(=O)NC)cc1)NCC(O)c1cc2ccccc2s1.I. The molecule has 0 saturated carbocycles. The lowest BCUT2D eigenvalue weighted by atomic mass is 10.2. The van der Waals surface area contributed by atoms with Gasteiger partial charge < -0.3 is 15.7 Å². The van der Waals surface area contributed by atoms with E-state index in [9.17, 15) is 13.5 Å². The molecule has 0 bridgehead atoms. The topological polar surface area (TPSA) is 103 Å². The van der Waals surface area contributed by atoms with Crippen LogP contribution in [0.4, 0.5) is 0 Å². The van der Waals surface area contributed by atoms with Crippen LogP contribution in [0.15, 0.2) is 64.5 Å². The number of hydrogen-bond acceptors (Lipinski definition) is 5. The standard InChI is InChI=1S/C21H26N4O3S2.HI/c1-3-23-21(24-13-15-8-10-17(11-9-15)30(27,28)22-2)25-14-18(26)20-12-16-6-4-5-7-19(16)29-20;/h4-12,18,22,26H,3,13-14H2,1-2H3,(H2,23,24,25);1H. The van der Waals surface area contributed by atoms with Gasteiger partial charge in [0, 0.05) is 22.7 Å². The Morgan fingerprint density at radius 1 is 1.13 bits per heavy atom. The van der Waals surface area contributed by atoms with Crippen molar-refractivity contribution < 1.29 is 13.5 Å². The molecule has 2 aromatic carbocycles. The first-order chi connectivity index (χ1) is 14.4. The van der Waals surface area contributed by atoms with E-state index in [0.29, 0.717) is 25.6 Å². The molecule has 0 saturated heterocycles. The van der Waals surface area contributed by atoms with E-state index in [1.165, 1.54) is 7.05 Å². The quantitative estimate of drug-likeness (QED) is 0.188. The van der Waals surface area contributed by atoms with E-state index in [1.54, 1.807) is 35.6 Å². The summed E-state index contributed by atoms with van der Waals surface area (Å²) in [6.45, 7) is 3.37. The first kappa shape index (κ1) is 25.5. The molecule has 0 spiro atoms. The van der Waals surface area contributed by atoms with Gasteiger partial charge in [0.25, 0.3) is 0 Å². The third-order valence-corrected chi connectivity index (χ3v) is 7.15. The number of fused-ring (bicyclic) bond motifs is 1. The molecule has 7 nitrogen and oxygen atoms in total. The summed E-state index contributed by atoms with van der Waals surface area (Å²) in [5, 5.41) is 18.0. The summed E-state index contributed by atoms with van der Waals surface area (Å²) in [7, 11) is -2.06. The molecule has 1 aromatic heterocycles. The smallest absolute Gasteiger partial charge is 0.240 e. The number of nitrogens with one attached hydrogen (secondary N) is 3. The third kappa shape index (κ3) is 6.88. The fourth-order valence-electron chi connectivity index (χ4n) is 2.86. The summed E-state index contributed by atoms with van der Waals surface area (Å²) in [5.74, 6) is 0.588. The number of guanidine groups is 1. The molecule has 0 radical (unpaired) electrons. The van der Waals surface area contributed by atoms with Gasteiger partial charge in [-0.3, -0.25) is 0 Å². The second-order valence-electron chi connectivity index (χ2n) is 6.63. The number of aliphatic imine (C=N–C) groups is 1. The van der Waals surface area contributed by atoms with Gasteiger partial charge in [0.1, 0.15) is 6.10 Å². The summed E-state index contributed by atoms with van der Waals surface area (Å²) in [6.07, 6.45) is -0.641. The van der Waals surface area contributed by atoms with E-state index < -0.39 is 16.1 Å². The van der Waals surface area contributed by atoms with Crippen LogP contribution in [0.1, 0.15) is 23.5 Å². The van der Waals surface area contributed by atoms with Crippen LogP contribution in [-0.2, 0) is 16.6 Å². The Morgan fingerprint density at radius 3 is 2.48 bits per heavy atom. The molecule has 31 heavy (non-hydrogen) atoms. The molecule has 1 atom stereocenters. The summed E-state index contributed by atoms with van der Waals surface area (Å²) in [6, 6.07) is 16.7. The molecule has 0 fully saturated rings. The van der Waals surface area contributed by atoms with Crippen molar-refractivity contribution in [1.82, 2.24) is 15.4 Å². The summed E-state index contributed by atoms with van der Waals surface area (Å²) >= 11 is 1.58. The zero-order chi connectivity index (χ0) is 21.6. The minimum Gasteiger partial charge on any atom is -0.386 e. The predicted molar refractivity (Wildman–Crippen MR) is 138 cm³/mol. The van der Waals surface area contributed by atoms with Crippen LogP contribution >= 0.6 is 35.3 Å². The van der Waals surface area contributed by atoms with Crippen molar-refractivity contribution in [1.29, 1.82) is 0 Å². The number of aliphatic hydroxyl groups excluding tert-OH is 1. The number of hydrogen-bond donors (Lipinski definition) is 4. The molecule has 10 heteroatoms. The molecule has 0 amide bonds. The maximum absolute atomic E-state index is 11.8. The Bertz CT molecular complexity index is 1080. The Hall–Kier alpha value is -1.73. The van der Waals surface area contributed by atoms with Crippen molar-refractivity contribution in [3.8, 4) is 0 Å². The van der Waals surface area contributed by atoms with Gasteiger partial charge in [-0.1, -0.05) is 30.3 Å². The van der Waals surface area contributed by atoms with Crippen LogP contribution in [0.2, 0.25) is 0 Å². The number of thiophene rings is 1. The minimum atomic E-state index is -3.45. The van der Waals surface area contributed by atoms with Gasteiger partial charge in [-0.05, 0) is 49.2 Å². The predicted octanol–water partition coefficient (Wildman–Crippen LogP) is 3.22. The molecule has 168 valence electrons. The lowest BCUT2D eigenvalue weighted by molar-refractivity contribution is 0.184. The number of sulfonamides is 1. The van der Waals surface area contributed by atoms with Crippen molar-refractivity contribution in [3.05, 3.63) is 65.0 Å². The van der Waals surface area contributed by atoms with Gasteiger partial charge in [-0.2, -0.15) is 0 Å². The van der Waals surface area contributed by atoms with Gasteiger partial charge in [0.15, 0.2) is 5.96 Å². The van der Waals surface area contributed by atoms with E-state index in [1.807, 2.05) is 37.3 Å². The highest BCUT2D eigenvalue weighted by Gasteiger charge is 2.13. The van der Waals surface area contributed by atoms with Crippen molar-refractivity contribution in [2.75, 3.05) is 20.1 Å². The average Bonchev–Trinajstić information content (AvgIpc) is 3.20. The second-order valence-corrected chi connectivity index (χ2v) is 9.63. The molecule has 3 rings (SSSR count). The molecule has 0 aliphatic rings. The Balaban J connectivity index is 0.00000341. The highest BCUT2D eigenvalue weighted by molar-refractivity contribution is 14.0. The van der Waals surface area contributed by atoms with E-state index in [-0.39, 0.29) is 28.9 Å². The first-order valence-corrected chi connectivity index (χ1v) is 11.9. The molecule has 0 aliphatic heterocycles. The molecular formula is C21H27IN4O3S2. The Morgan fingerprint density at radius 2 is 1.84 bits per heavy atom. The van der Waals surface area contributed by atoms with Crippen molar-refractivity contribution >= 4 is 61.4 Å². The van der Waals surface area contributed by atoms with Crippen LogP contribution in [0, 0.1) is 0 Å². The summed E-state index contributed by atoms with van der Waals surface area (Å²) in [5.41, 5.74) is 0.882. The van der Waals surface area contributed by atoms with E-state index in [0.717, 1.165) is 20.5 Å². The van der Waals surface area contributed by atoms with Crippen molar-refractivity contribution in [2.45, 2.75) is 24.5 Å². The highest BCUT2D eigenvalue weighted by atomic mass is 127. The molecule has 1 heterocycles. The van der Waals surface area contributed by atoms with Gasteiger partial charge in [0.2, 0.25) is 10.0 Å². The molecule has 4 N–H and O–H groups in total. The maximum Gasteiger partial charge on any atom is 0.240 e. The van der Waals surface area contributed by atoms with E-state index in [2.05, 4.69) is 20.3 Å². The van der Waals surface area contributed by atoms with E-state index >= 15 is 0 Å². The molecule has 3 aromatic rings. The lowest BCUT2D eigenvalue weighted by Crippen LogP contribution is -2.39.